The summed E-state index contributed by atoms with van der Waals surface area (Å²) in [4.78, 5) is 27.7. The van der Waals surface area contributed by atoms with Gasteiger partial charge in [-0.05, 0) is 42.5 Å². The monoisotopic (exact) mass is 529 g/mol. The number of imidazole rings is 2. The van der Waals surface area contributed by atoms with Crippen molar-refractivity contribution in [2.24, 2.45) is 0 Å². The highest BCUT2D eigenvalue weighted by Gasteiger charge is 2.19. The van der Waals surface area contributed by atoms with E-state index >= 15 is 0 Å². The van der Waals surface area contributed by atoms with Gasteiger partial charge in [0.1, 0.15) is 11.5 Å². The highest BCUT2D eigenvalue weighted by Crippen LogP contribution is 2.30. The van der Waals surface area contributed by atoms with Crippen molar-refractivity contribution in [1.82, 2.24) is 34.0 Å². The molecule has 1 aromatic carbocycles. The van der Waals surface area contributed by atoms with Crippen LogP contribution in [0.15, 0.2) is 67.3 Å². The Labute approximate surface area is 222 Å². The third-order valence-corrected chi connectivity index (χ3v) is 6.72. The van der Waals surface area contributed by atoms with Crippen molar-refractivity contribution in [1.29, 1.82) is 0 Å². The number of ether oxygens (including phenoxy) is 1. The fraction of sp³-hybridized carbons (Fsp3) is 0.250. The first-order valence-electron chi connectivity index (χ1n) is 12.6. The minimum atomic E-state index is -0.704. The highest BCUT2D eigenvalue weighted by atomic mass is 19.1. The molecule has 0 radical (unpaired) electrons. The van der Waals surface area contributed by atoms with Gasteiger partial charge in [-0.2, -0.15) is 9.49 Å². The average molecular weight is 530 g/mol. The predicted octanol–water partition coefficient (Wildman–Crippen LogP) is 3.69. The lowest BCUT2D eigenvalue weighted by Gasteiger charge is -2.26. The molecule has 0 amide bonds. The van der Waals surface area contributed by atoms with Crippen molar-refractivity contribution in [3.63, 3.8) is 0 Å². The van der Waals surface area contributed by atoms with Gasteiger partial charge in [-0.15, -0.1) is 0 Å². The van der Waals surface area contributed by atoms with Gasteiger partial charge in [-0.1, -0.05) is 0 Å². The maximum Gasteiger partial charge on any atom is 0.213 e. The van der Waals surface area contributed by atoms with Crippen LogP contribution in [0.3, 0.4) is 0 Å². The SMILES string of the molecule is O=C(Cc1cn2nc(-c3c(-c4ccc(F)cc4)ncn3CCN3CCOCC3)ccc2n1)c1ccnc(F)c1. The quantitative estimate of drug-likeness (QED) is 0.224. The number of carbonyl (C=O) groups is 1. The molecule has 1 aliphatic heterocycles. The standard InChI is InChI=1S/C28H25F2N7O2/c29-21-3-1-19(2-4-21)27-28(36(18-32-27)10-9-35-11-13-39-14-12-35)23-5-6-26-33-22(17-37(26)34-23)16-24(38)20-7-8-31-25(30)15-20/h1-8,15,17-18H,9-14,16H2. The van der Waals surface area contributed by atoms with Crippen molar-refractivity contribution in [3.05, 3.63) is 90.3 Å². The molecule has 198 valence electrons. The van der Waals surface area contributed by atoms with Crippen LogP contribution in [0.4, 0.5) is 8.78 Å². The molecule has 0 bridgehead atoms. The van der Waals surface area contributed by atoms with E-state index in [1.807, 2.05) is 12.1 Å². The summed E-state index contributed by atoms with van der Waals surface area (Å²) in [6, 6.07) is 12.5. The molecule has 4 aromatic heterocycles. The smallest absolute Gasteiger partial charge is 0.213 e. The molecule has 39 heavy (non-hydrogen) atoms. The van der Waals surface area contributed by atoms with Crippen molar-refractivity contribution in [3.8, 4) is 22.6 Å². The molecule has 11 heteroatoms. The Morgan fingerprint density at radius 3 is 2.59 bits per heavy atom. The molecule has 9 nitrogen and oxygen atoms in total. The normalized spacial score (nSPS) is 14.2. The van der Waals surface area contributed by atoms with Gasteiger partial charge in [0, 0.05) is 49.6 Å². The van der Waals surface area contributed by atoms with Gasteiger partial charge in [0.05, 0.1) is 49.2 Å². The summed E-state index contributed by atoms with van der Waals surface area (Å²) in [5, 5.41) is 4.80. The molecule has 0 saturated carbocycles. The van der Waals surface area contributed by atoms with Crippen LogP contribution in [0.25, 0.3) is 28.3 Å². The Hall–Kier alpha value is -4.35. The zero-order valence-corrected chi connectivity index (χ0v) is 21.0. The van der Waals surface area contributed by atoms with Gasteiger partial charge in [-0.3, -0.25) is 9.69 Å². The molecule has 5 aromatic rings. The molecule has 0 unspecified atom stereocenters. The first kappa shape index (κ1) is 25.0. The first-order valence-corrected chi connectivity index (χ1v) is 12.6. The van der Waals surface area contributed by atoms with Crippen molar-refractivity contribution in [2.75, 3.05) is 32.8 Å². The van der Waals surface area contributed by atoms with E-state index in [1.165, 1.54) is 24.4 Å². The van der Waals surface area contributed by atoms with Gasteiger partial charge in [0.25, 0.3) is 0 Å². The Balaban J connectivity index is 1.32. The number of Topliss-reactive ketones (excluding diaryl/α,β-unsaturated/α-hetero) is 1. The Bertz CT molecular complexity index is 1630. The van der Waals surface area contributed by atoms with E-state index in [4.69, 9.17) is 9.84 Å². The maximum absolute atomic E-state index is 13.6. The molecule has 0 spiro atoms. The predicted molar refractivity (Wildman–Crippen MR) is 139 cm³/mol. The summed E-state index contributed by atoms with van der Waals surface area (Å²) in [6.07, 6.45) is 4.74. The third kappa shape index (κ3) is 5.45. The largest absolute Gasteiger partial charge is 0.379 e. The van der Waals surface area contributed by atoms with Crippen LogP contribution in [0.5, 0.6) is 0 Å². The van der Waals surface area contributed by atoms with E-state index in [-0.39, 0.29) is 23.6 Å². The number of benzene rings is 1. The van der Waals surface area contributed by atoms with Crippen molar-refractivity contribution >= 4 is 11.4 Å². The van der Waals surface area contributed by atoms with Crippen LogP contribution in [0.1, 0.15) is 16.1 Å². The van der Waals surface area contributed by atoms with Gasteiger partial charge in [0.2, 0.25) is 5.95 Å². The molecule has 1 aliphatic rings. The zero-order chi connectivity index (χ0) is 26.8. The van der Waals surface area contributed by atoms with E-state index in [9.17, 15) is 13.6 Å². The zero-order valence-electron chi connectivity index (χ0n) is 21.0. The van der Waals surface area contributed by atoms with Gasteiger partial charge >= 0.3 is 0 Å². The topological polar surface area (TPSA) is 90.4 Å². The number of fused-ring (bicyclic) bond motifs is 1. The first-order chi connectivity index (χ1) is 19.0. The van der Waals surface area contributed by atoms with Gasteiger partial charge < -0.3 is 9.30 Å². The summed E-state index contributed by atoms with van der Waals surface area (Å²) in [5.74, 6) is -1.29. The molecular weight excluding hydrogens is 504 g/mol. The summed E-state index contributed by atoms with van der Waals surface area (Å²) in [6.45, 7) is 4.71. The van der Waals surface area contributed by atoms with Crippen LogP contribution in [0, 0.1) is 11.8 Å². The molecule has 0 N–H and O–H groups in total. The van der Waals surface area contributed by atoms with E-state index in [1.54, 1.807) is 29.2 Å². The second-order valence-corrected chi connectivity index (χ2v) is 9.32. The average Bonchev–Trinajstić information content (AvgIpc) is 3.56. The fourth-order valence-corrected chi connectivity index (χ4v) is 4.70. The second kappa shape index (κ2) is 10.8. The Kier molecular flexibility index (Phi) is 6.91. The highest BCUT2D eigenvalue weighted by molar-refractivity contribution is 5.97. The number of morpholine rings is 1. The fourth-order valence-electron chi connectivity index (χ4n) is 4.70. The van der Waals surface area contributed by atoms with Crippen LogP contribution in [-0.4, -0.2) is 72.7 Å². The second-order valence-electron chi connectivity index (χ2n) is 9.32. The van der Waals surface area contributed by atoms with E-state index in [0.717, 1.165) is 50.2 Å². The Morgan fingerprint density at radius 1 is 0.974 bits per heavy atom. The molecule has 1 fully saturated rings. The number of carbonyl (C=O) groups excluding carboxylic acids is 1. The van der Waals surface area contributed by atoms with E-state index < -0.39 is 5.95 Å². The number of ketones is 1. The number of rotatable bonds is 8. The molecule has 1 saturated heterocycles. The summed E-state index contributed by atoms with van der Waals surface area (Å²) in [5.41, 5.74) is 4.26. The van der Waals surface area contributed by atoms with Crippen LogP contribution in [0.2, 0.25) is 0 Å². The minimum Gasteiger partial charge on any atom is -0.379 e. The van der Waals surface area contributed by atoms with E-state index in [2.05, 4.69) is 24.4 Å². The number of halogens is 2. The summed E-state index contributed by atoms with van der Waals surface area (Å²) >= 11 is 0. The van der Waals surface area contributed by atoms with Crippen LogP contribution >= 0.6 is 0 Å². The Morgan fingerprint density at radius 2 is 1.79 bits per heavy atom. The van der Waals surface area contributed by atoms with Crippen molar-refractivity contribution in [2.45, 2.75) is 13.0 Å². The number of nitrogens with zero attached hydrogens (tertiary/aromatic N) is 7. The number of hydrogen-bond acceptors (Lipinski definition) is 7. The molecule has 0 aliphatic carbocycles. The number of aromatic nitrogens is 6. The van der Waals surface area contributed by atoms with E-state index in [0.29, 0.717) is 29.3 Å². The van der Waals surface area contributed by atoms with Crippen LogP contribution in [-0.2, 0) is 17.7 Å². The molecule has 5 heterocycles. The van der Waals surface area contributed by atoms with Gasteiger partial charge in [-0.25, -0.2) is 23.9 Å². The lowest BCUT2D eigenvalue weighted by molar-refractivity contribution is 0.0364. The lowest BCUT2D eigenvalue weighted by Crippen LogP contribution is -2.38. The minimum absolute atomic E-state index is 0.000454. The summed E-state index contributed by atoms with van der Waals surface area (Å²) in [7, 11) is 0. The summed E-state index contributed by atoms with van der Waals surface area (Å²) < 4.78 is 36.2. The molecular formula is C28H25F2N7O2. The van der Waals surface area contributed by atoms with Crippen molar-refractivity contribution < 1.29 is 18.3 Å². The van der Waals surface area contributed by atoms with Crippen LogP contribution < -0.4 is 0 Å². The number of pyridine rings is 1. The molecule has 0 atom stereocenters. The third-order valence-electron chi connectivity index (χ3n) is 6.72. The maximum atomic E-state index is 13.6. The number of hydrogen-bond donors (Lipinski definition) is 0. The van der Waals surface area contributed by atoms with Gasteiger partial charge in [0.15, 0.2) is 11.4 Å². The molecule has 6 rings (SSSR count). The lowest BCUT2D eigenvalue weighted by atomic mass is 10.1.